The van der Waals surface area contributed by atoms with Crippen molar-refractivity contribution in [3.63, 3.8) is 0 Å². The molecule has 0 spiro atoms. The summed E-state index contributed by atoms with van der Waals surface area (Å²) in [6.07, 6.45) is 5.21. The second kappa shape index (κ2) is 7.22. The van der Waals surface area contributed by atoms with Crippen LogP contribution >= 0.6 is 11.3 Å². The van der Waals surface area contributed by atoms with Gasteiger partial charge in [-0.2, -0.15) is 0 Å². The Kier molecular flexibility index (Phi) is 5.58. The van der Waals surface area contributed by atoms with Gasteiger partial charge in [0.05, 0.1) is 5.84 Å². The van der Waals surface area contributed by atoms with Crippen LogP contribution in [0.25, 0.3) is 0 Å². The summed E-state index contributed by atoms with van der Waals surface area (Å²) in [5, 5.41) is 10.8. The third-order valence-electron chi connectivity index (χ3n) is 4.32. The fourth-order valence-electron chi connectivity index (χ4n) is 2.57. The third kappa shape index (κ3) is 4.68. The van der Waals surface area contributed by atoms with Crippen LogP contribution in [0.3, 0.4) is 0 Å². The van der Waals surface area contributed by atoms with Crippen LogP contribution in [-0.2, 0) is 0 Å². The predicted molar refractivity (Wildman–Crippen MR) is 90.3 cm³/mol. The molecule has 0 bridgehead atoms. The first-order valence-electron chi connectivity index (χ1n) is 7.70. The number of hydrogen-bond donors (Lipinski definition) is 2. The topological polar surface area (TPSA) is 69.2 Å². The van der Waals surface area contributed by atoms with Crippen molar-refractivity contribution in [3.8, 4) is 0 Å². The number of amidine groups is 1. The highest BCUT2D eigenvalue weighted by Gasteiger charge is 2.21. The number of hydrogen-bond acceptors (Lipinski definition) is 5. The van der Waals surface area contributed by atoms with E-state index in [1.807, 2.05) is 11.6 Å². The summed E-state index contributed by atoms with van der Waals surface area (Å²) in [5.74, 6) is 0.305. The quantitative estimate of drug-likeness (QED) is 0.461. The minimum absolute atomic E-state index is 0.149. The summed E-state index contributed by atoms with van der Waals surface area (Å²) in [7, 11) is 0. The first kappa shape index (κ1) is 16.2. The third-order valence-corrected chi connectivity index (χ3v) is 5.15. The highest BCUT2D eigenvalue weighted by atomic mass is 32.1. The predicted octanol–water partition coefficient (Wildman–Crippen LogP) is 2.40. The van der Waals surface area contributed by atoms with Crippen LogP contribution in [0.4, 0.5) is 5.13 Å². The van der Waals surface area contributed by atoms with Crippen LogP contribution in [0.2, 0.25) is 0 Å². The molecule has 1 saturated heterocycles. The molecular formula is C15H27N5S. The van der Waals surface area contributed by atoms with Gasteiger partial charge in [0.2, 0.25) is 0 Å². The van der Waals surface area contributed by atoms with Crippen LogP contribution in [-0.4, -0.2) is 48.4 Å². The number of nitrogens with two attached hydrogens (primary N) is 1. The highest BCUT2D eigenvalue weighted by Crippen LogP contribution is 2.23. The van der Waals surface area contributed by atoms with Crippen molar-refractivity contribution in [2.24, 2.45) is 11.1 Å². The van der Waals surface area contributed by atoms with Crippen molar-refractivity contribution < 1.29 is 0 Å². The van der Waals surface area contributed by atoms with Crippen molar-refractivity contribution in [3.05, 3.63) is 11.6 Å². The maximum atomic E-state index is 7.58. The summed E-state index contributed by atoms with van der Waals surface area (Å²) in [5.41, 5.74) is 5.47. The number of piperazine rings is 1. The molecule has 0 unspecified atom stereocenters. The number of anilines is 1. The van der Waals surface area contributed by atoms with Crippen LogP contribution < -0.4 is 10.6 Å². The number of rotatable bonds is 7. The molecule has 3 N–H and O–H groups in total. The van der Waals surface area contributed by atoms with Gasteiger partial charge in [0, 0.05) is 43.2 Å². The molecule has 1 aliphatic rings. The van der Waals surface area contributed by atoms with Gasteiger partial charge in [0.25, 0.3) is 0 Å². The van der Waals surface area contributed by atoms with Gasteiger partial charge in [-0.3, -0.25) is 10.3 Å². The summed E-state index contributed by atoms with van der Waals surface area (Å²) < 4.78 is 0. The van der Waals surface area contributed by atoms with Gasteiger partial charge < -0.3 is 10.6 Å². The number of nitrogens with one attached hydrogen (secondary N) is 1. The van der Waals surface area contributed by atoms with Crippen LogP contribution in [0.1, 0.15) is 33.1 Å². The molecule has 5 nitrogen and oxygen atoms in total. The Hall–Kier alpha value is -1.14. The Labute approximate surface area is 131 Å². The molecule has 1 aromatic rings. The molecule has 0 aromatic carbocycles. The summed E-state index contributed by atoms with van der Waals surface area (Å²) in [4.78, 5) is 9.29. The minimum atomic E-state index is -0.149. The van der Waals surface area contributed by atoms with Crippen molar-refractivity contribution in [1.82, 2.24) is 9.88 Å². The van der Waals surface area contributed by atoms with Gasteiger partial charge in [-0.1, -0.05) is 20.3 Å². The maximum absolute atomic E-state index is 7.58. The van der Waals surface area contributed by atoms with Gasteiger partial charge >= 0.3 is 0 Å². The lowest BCUT2D eigenvalue weighted by atomic mass is 9.86. The molecule has 1 aromatic heterocycles. The molecule has 0 saturated carbocycles. The van der Waals surface area contributed by atoms with E-state index >= 15 is 0 Å². The molecule has 0 aliphatic carbocycles. The molecule has 1 aliphatic heterocycles. The second-order valence-corrected chi connectivity index (χ2v) is 7.27. The molecule has 2 rings (SSSR count). The molecule has 1 fully saturated rings. The average Bonchev–Trinajstić information content (AvgIpc) is 2.98. The van der Waals surface area contributed by atoms with Crippen molar-refractivity contribution in [2.75, 3.05) is 37.6 Å². The first-order valence-corrected chi connectivity index (χ1v) is 8.58. The van der Waals surface area contributed by atoms with Gasteiger partial charge in [-0.05, 0) is 19.4 Å². The van der Waals surface area contributed by atoms with E-state index in [-0.39, 0.29) is 5.41 Å². The normalized spacial score (nSPS) is 17.1. The molecule has 0 amide bonds. The first-order chi connectivity index (χ1) is 9.99. The Morgan fingerprint density at radius 2 is 2.05 bits per heavy atom. The van der Waals surface area contributed by atoms with E-state index in [2.05, 4.69) is 28.6 Å². The fourth-order valence-corrected chi connectivity index (χ4v) is 3.27. The van der Waals surface area contributed by atoms with Gasteiger partial charge in [-0.25, -0.2) is 4.98 Å². The fraction of sp³-hybridized carbons (Fsp3) is 0.733. The largest absolute Gasteiger partial charge is 0.387 e. The van der Waals surface area contributed by atoms with E-state index in [4.69, 9.17) is 11.1 Å². The molecule has 21 heavy (non-hydrogen) atoms. The van der Waals surface area contributed by atoms with Crippen LogP contribution in [0, 0.1) is 10.8 Å². The summed E-state index contributed by atoms with van der Waals surface area (Å²) in [6.45, 7) is 9.66. The van der Waals surface area contributed by atoms with Crippen LogP contribution in [0.15, 0.2) is 11.6 Å². The van der Waals surface area contributed by atoms with E-state index in [1.54, 1.807) is 11.3 Å². The van der Waals surface area contributed by atoms with Crippen molar-refractivity contribution >= 4 is 22.3 Å². The average molecular weight is 309 g/mol. The Bertz CT molecular complexity index is 435. The molecule has 2 heterocycles. The second-order valence-electron chi connectivity index (χ2n) is 6.40. The Balaban J connectivity index is 1.62. The molecule has 0 radical (unpaired) electrons. The van der Waals surface area contributed by atoms with Crippen LogP contribution in [0.5, 0.6) is 0 Å². The summed E-state index contributed by atoms with van der Waals surface area (Å²) >= 11 is 1.72. The summed E-state index contributed by atoms with van der Waals surface area (Å²) in [6, 6.07) is 0. The number of nitrogens with zero attached hydrogens (tertiary/aromatic N) is 3. The SMILES string of the molecule is CC(C)(CCCCN1CCN(c2nccs2)CC1)C(=N)N. The highest BCUT2D eigenvalue weighted by molar-refractivity contribution is 7.13. The lowest BCUT2D eigenvalue weighted by molar-refractivity contribution is 0.248. The Morgan fingerprint density at radius 1 is 1.33 bits per heavy atom. The van der Waals surface area contributed by atoms with E-state index < -0.39 is 0 Å². The molecule has 118 valence electrons. The zero-order chi connectivity index (χ0) is 15.3. The lowest BCUT2D eigenvalue weighted by Gasteiger charge is -2.34. The van der Waals surface area contributed by atoms with Crippen molar-refractivity contribution in [1.29, 1.82) is 5.41 Å². The van der Waals surface area contributed by atoms with Gasteiger partial charge in [0.1, 0.15) is 0 Å². The van der Waals surface area contributed by atoms with E-state index in [0.29, 0.717) is 5.84 Å². The zero-order valence-corrected chi connectivity index (χ0v) is 14.0. The van der Waals surface area contributed by atoms with E-state index in [1.165, 1.54) is 6.42 Å². The van der Waals surface area contributed by atoms with Crippen molar-refractivity contribution in [2.45, 2.75) is 33.1 Å². The maximum Gasteiger partial charge on any atom is 0.185 e. The molecular weight excluding hydrogens is 282 g/mol. The standard InChI is InChI=1S/C15H27N5S/c1-15(2,13(16)17)5-3-4-7-19-8-10-20(11-9-19)14-18-6-12-21-14/h6,12H,3-5,7-11H2,1-2H3,(H3,16,17). The van der Waals surface area contributed by atoms with Gasteiger partial charge in [-0.15, -0.1) is 11.3 Å². The lowest BCUT2D eigenvalue weighted by Crippen LogP contribution is -2.46. The number of unbranched alkanes of at least 4 members (excludes halogenated alkanes) is 1. The molecule has 0 atom stereocenters. The minimum Gasteiger partial charge on any atom is -0.387 e. The smallest absolute Gasteiger partial charge is 0.185 e. The zero-order valence-electron chi connectivity index (χ0n) is 13.1. The number of thiazole rings is 1. The monoisotopic (exact) mass is 309 g/mol. The van der Waals surface area contributed by atoms with E-state index in [0.717, 1.165) is 50.7 Å². The Morgan fingerprint density at radius 3 is 2.62 bits per heavy atom. The molecule has 6 heteroatoms. The van der Waals surface area contributed by atoms with E-state index in [9.17, 15) is 0 Å². The number of aromatic nitrogens is 1. The van der Waals surface area contributed by atoms with Gasteiger partial charge in [0.15, 0.2) is 5.13 Å².